The molecule has 1 atom stereocenters. The fraction of sp³-hybridized carbons (Fsp3) is 0.500. The molecule has 0 N–H and O–H groups in total. The van der Waals surface area contributed by atoms with Crippen LogP contribution in [0.25, 0.3) is 0 Å². The third-order valence-corrected chi connectivity index (χ3v) is 3.36. The van der Waals surface area contributed by atoms with E-state index in [0.29, 0.717) is 24.0 Å². The van der Waals surface area contributed by atoms with E-state index in [9.17, 15) is 13.2 Å². The van der Waals surface area contributed by atoms with E-state index in [1.807, 2.05) is 0 Å². The van der Waals surface area contributed by atoms with Gasteiger partial charge in [0, 0.05) is 23.8 Å². The Morgan fingerprint density at radius 3 is 2.71 bits per heavy atom. The summed E-state index contributed by atoms with van der Waals surface area (Å²) in [7, 11) is 0. The fourth-order valence-electron chi connectivity index (χ4n) is 1.80. The first-order valence-electron chi connectivity index (χ1n) is 4.99. The Morgan fingerprint density at radius 2 is 2.18 bits per heavy atom. The lowest BCUT2D eigenvalue weighted by Gasteiger charge is -2.21. The normalized spacial score (nSPS) is 21.0. The second kappa shape index (κ2) is 4.65. The zero-order valence-corrected chi connectivity index (χ0v) is 11.0. The minimum absolute atomic E-state index is 0.0381. The zero-order chi connectivity index (χ0) is 12.6. The van der Waals surface area contributed by atoms with Gasteiger partial charge in [0.05, 0.1) is 10.9 Å². The molecule has 0 aromatic carbocycles. The van der Waals surface area contributed by atoms with Crippen molar-refractivity contribution in [2.24, 2.45) is 0 Å². The van der Waals surface area contributed by atoms with Gasteiger partial charge in [0.1, 0.15) is 5.82 Å². The number of aromatic nitrogens is 1. The number of rotatable bonds is 1. The second-order valence-corrected chi connectivity index (χ2v) is 5.39. The van der Waals surface area contributed by atoms with E-state index in [4.69, 9.17) is 11.6 Å². The number of hydrogen-bond donors (Lipinski definition) is 0. The van der Waals surface area contributed by atoms with E-state index < -0.39 is 11.7 Å². The molecule has 0 spiro atoms. The van der Waals surface area contributed by atoms with Crippen LogP contribution in [-0.4, -0.2) is 23.5 Å². The molecule has 7 heteroatoms. The van der Waals surface area contributed by atoms with Crippen molar-refractivity contribution >= 4 is 33.3 Å². The first kappa shape index (κ1) is 13.0. The van der Waals surface area contributed by atoms with Crippen molar-refractivity contribution in [1.29, 1.82) is 0 Å². The van der Waals surface area contributed by atoms with Crippen molar-refractivity contribution in [2.75, 3.05) is 18.0 Å². The molecule has 2 heterocycles. The van der Waals surface area contributed by atoms with Crippen molar-refractivity contribution < 1.29 is 13.2 Å². The van der Waals surface area contributed by atoms with Crippen LogP contribution in [0.1, 0.15) is 12.0 Å². The van der Waals surface area contributed by atoms with Crippen molar-refractivity contribution in [3.05, 3.63) is 22.3 Å². The molecule has 1 aromatic rings. The average molecular weight is 330 g/mol. The lowest BCUT2D eigenvalue weighted by atomic mass is 10.2. The molecule has 2 nitrogen and oxygen atoms in total. The fourth-order valence-corrected chi connectivity index (χ4v) is 2.40. The van der Waals surface area contributed by atoms with Crippen LogP contribution in [0, 0.1) is 0 Å². The molecular weight excluding hydrogens is 320 g/mol. The minimum atomic E-state index is -4.41. The maximum absolute atomic E-state index is 12.9. The van der Waals surface area contributed by atoms with Gasteiger partial charge in [-0.1, -0.05) is 0 Å². The minimum Gasteiger partial charge on any atom is -0.355 e. The molecule has 1 unspecified atom stereocenters. The van der Waals surface area contributed by atoms with E-state index >= 15 is 0 Å². The van der Waals surface area contributed by atoms with Crippen LogP contribution in [0.4, 0.5) is 19.0 Å². The van der Waals surface area contributed by atoms with E-state index in [2.05, 4.69) is 20.9 Å². The summed E-state index contributed by atoms with van der Waals surface area (Å²) in [5.41, 5.74) is -0.724. The summed E-state index contributed by atoms with van der Waals surface area (Å²) in [6.45, 7) is 0.908. The van der Waals surface area contributed by atoms with E-state index in [1.165, 1.54) is 6.20 Å². The summed E-state index contributed by atoms with van der Waals surface area (Å²) in [4.78, 5) is 5.44. The van der Waals surface area contributed by atoms with Gasteiger partial charge >= 0.3 is 6.18 Å². The molecular formula is C10H9BrClF3N2. The molecule has 0 aliphatic carbocycles. The van der Waals surface area contributed by atoms with Crippen LogP contribution in [0.2, 0.25) is 0 Å². The van der Waals surface area contributed by atoms with Gasteiger partial charge in [0.25, 0.3) is 0 Å². The average Bonchev–Trinajstić information content (AvgIpc) is 2.63. The molecule has 1 aromatic heterocycles. The molecule has 0 radical (unpaired) electrons. The largest absolute Gasteiger partial charge is 0.419 e. The number of anilines is 1. The topological polar surface area (TPSA) is 16.1 Å². The van der Waals surface area contributed by atoms with Crippen molar-refractivity contribution in [3.8, 4) is 0 Å². The molecule has 0 bridgehead atoms. The predicted molar refractivity (Wildman–Crippen MR) is 63.4 cm³/mol. The SMILES string of the molecule is FC(F)(F)c1cc(Br)cnc1N1CCC(Cl)C1. The zero-order valence-electron chi connectivity index (χ0n) is 8.64. The molecule has 17 heavy (non-hydrogen) atoms. The van der Waals surface area contributed by atoms with Gasteiger partial charge in [-0.25, -0.2) is 4.98 Å². The maximum atomic E-state index is 12.9. The highest BCUT2D eigenvalue weighted by atomic mass is 79.9. The standard InChI is InChI=1S/C10H9BrClF3N2/c11-6-3-8(10(13,14)15)9(16-4-6)17-2-1-7(12)5-17/h3-4,7H,1-2,5H2. The van der Waals surface area contributed by atoms with Gasteiger partial charge < -0.3 is 4.90 Å². The van der Waals surface area contributed by atoms with Gasteiger partial charge in [-0.15, -0.1) is 11.6 Å². The Labute approximate surface area is 110 Å². The number of nitrogens with zero attached hydrogens (tertiary/aromatic N) is 2. The van der Waals surface area contributed by atoms with E-state index in [0.717, 1.165) is 6.07 Å². The molecule has 94 valence electrons. The molecule has 1 aliphatic heterocycles. The van der Waals surface area contributed by atoms with Gasteiger partial charge in [-0.05, 0) is 28.4 Å². The molecule has 1 saturated heterocycles. The Balaban J connectivity index is 2.39. The van der Waals surface area contributed by atoms with Crippen LogP contribution >= 0.6 is 27.5 Å². The molecule has 1 aliphatic rings. The quantitative estimate of drug-likeness (QED) is 0.731. The second-order valence-electron chi connectivity index (χ2n) is 3.85. The summed E-state index contributed by atoms with van der Waals surface area (Å²) in [6.07, 6.45) is -2.36. The summed E-state index contributed by atoms with van der Waals surface area (Å²) < 4.78 is 38.9. The Hall–Kier alpha value is -0.490. The monoisotopic (exact) mass is 328 g/mol. The molecule has 1 fully saturated rings. The number of pyridine rings is 1. The van der Waals surface area contributed by atoms with Crippen molar-refractivity contribution in [3.63, 3.8) is 0 Å². The summed E-state index contributed by atoms with van der Waals surface area (Å²) >= 11 is 8.90. The van der Waals surface area contributed by atoms with Crippen LogP contribution < -0.4 is 4.90 Å². The highest BCUT2D eigenvalue weighted by Gasteiger charge is 2.37. The van der Waals surface area contributed by atoms with Gasteiger partial charge in [-0.3, -0.25) is 0 Å². The van der Waals surface area contributed by atoms with Crippen LogP contribution in [-0.2, 0) is 6.18 Å². The highest BCUT2D eigenvalue weighted by Crippen LogP contribution is 2.38. The van der Waals surface area contributed by atoms with Gasteiger partial charge in [-0.2, -0.15) is 13.2 Å². The van der Waals surface area contributed by atoms with Crippen molar-refractivity contribution in [2.45, 2.75) is 18.0 Å². The number of halogens is 5. The number of hydrogen-bond acceptors (Lipinski definition) is 2. The first-order chi connectivity index (χ1) is 7.88. The highest BCUT2D eigenvalue weighted by molar-refractivity contribution is 9.10. The Bertz CT molecular complexity index is 425. The summed E-state index contributed by atoms with van der Waals surface area (Å²) in [5.74, 6) is -0.0381. The molecule has 2 rings (SSSR count). The van der Waals surface area contributed by atoms with E-state index in [-0.39, 0.29) is 11.2 Å². The third kappa shape index (κ3) is 2.85. The molecule has 0 amide bonds. The summed E-state index contributed by atoms with van der Waals surface area (Å²) in [6, 6.07) is 1.05. The Morgan fingerprint density at radius 1 is 1.47 bits per heavy atom. The van der Waals surface area contributed by atoms with Gasteiger partial charge in [0.15, 0.2) is 0 Å². The van der Waals surface area contributed by atoms with Gasteiger partial charge in [0.2, 0.25) is 0 Å². The van der Waals surface area contributed by atoms with Crippen LogP contribution in [0.15, 0.2) is 16.7 Å². The third-order valence-electron chi connectivity index (χ3n) is 2.57. The lowest BCUT2D eigenvalue weighted by Crippen LogP contribution is -2.24. The van der Waals surface area contributed by atoms with Crippen LogP contribution in [0.5, 0.6) is 0 Å². The molecule has 0 saturated carbocycles. The predicted octanol–water partition coefficient (Wildman–Crippen LogP) is 3.68. The Kier molecular flexibility index (Phi) is 3.54. The smallest absolute Gasteiger partial charge is 0.355 e. The maximum Gasteiger partial charge on any atom is 0.419 e. The number of alkyl halides is 4. The van der Waals surface area contributed by atoms with Crippen LogP contribution in [0.3, 0.4) is 0 Å². The first-order valence-corrected chi connectivity index (χ1v) is 6.22. The summed E-state index contributed by atoms with van der Waals surface area (Å²) in [5, 5.41) is -0.110. The lowest BCUT2D eigenvalue weighted by molar-refractivity contribution is -0.137. The van der Waals surface area contributed by atoms with E-state index in [1.54, 1.807) is 4.90 Å². The van der Waals surface area contributed by atoms with Crippen molar-refractivity contribution in [1.82, 2.24) is 4.98 Å².